The van der Waals surface area contributed by atoms with Crippen LogP contribution in [0.1, 0.15) is 12.5 Å². The summed E-state index contributed by atoms with van der Waals surface area (Å²) in [6.45, 7) is 3.95. The van der Waals surface area contributed by atoms with E-state index < -0.39 is 5.41 Å². The largest absolute Gasteiger partial charge is 0.377 e. The third-order valence-electron chi connectivity index (χ3n) is 6.01. The number of benzene rings is 2. The van der Waals surface area contributed by atoms with Gasteiger partial charge in [0.1, 0.15) is 5.41 Å². The maximum atomic E-state index is 13.7. The van der Waals surface area contributed by atoms with Gasteiger partial charge in [-0.15, -0.1) is 0 Å². The summed E-state index contributed by atoms with van der Waals surface area (Å²) < 4.78 is 5.81. The Balaban J connectivity index is 1.62. The molecule has 0 radical (unpaired) electrons. The van der Waals surface area contributed by atoms with E-state index >= 15 is 0 Å². The van der Waals surface area contributed by atoms with Gasteiger partial charge in [0.2, 0.25) is 0 Å². The average Bonchev–Trinajstić information content (AvgIpc) is 2.94. The number of nitrogens with zero attached hydrogens (tertiary/aromatic N) is 3. The maximum absolute atomic E-state index is 13.7. The van der Waals surface area contributed by atoms with Crippen LogP contribution in [0.25, 0.3) is 0 Å². The highest BCUT2D eigenvalue weighted by molar-refractivity contribution is 6.30. The van der Waals surface area contributed by atoms with Gasteiger partial charge in [-0.3, -0.25) is 4.79 Å². The summed E-state index contributed by atoms with van der Waals surface area (Å²) >= 11 is 6.01. The van der Waals surface area contributed by atoms with Crippen LogP contribution >= 0.6 is 11.6 Å². The molecule has 3 aliphatic rings. The van der Waals surface area contributed by atoms with E-state index in [-0.39, 0.29) is 11.9 Å². The van der Waals surface area contributed by atoms with Gasteiger partial charge >= 0.3 is 0 Å². The Hall–Kier alpha value is -2.37. The van der Waals surface area contributed by atoms with Crippen molar-refractivity contribution >= 4 is 34.6 Å². The highest BCUT2D eigenvalue weighted by atomic mass is 35.5. The molecule has 2 atom stereocenters. The van der Waals surface area contributed by atoms with Crippen molar-refractivity contribution in [1.29, 1.82) is 0 Å². The van der Waals surface area contributed by atoms with Crippen molar-refractivity contribution in [2.45, 2.75) is 19.4 Å². The number of hydrogen-bond acceptors (Lipinski definition) is 4. The summed E-state index contributed by atoms with van der Waals surface area (Å²) in [4.78, 5) is 16.1. The topological polar surface area (TPSA) is 45.1 Å². The van der Waals surface area contributed by atoms with Crippen LogP contribution in [0.5, 0.6) is 0 Å². The Morgan fingerprint density at radius 3 is 2.78 bits per heavy atom. The van der Waals surface area contributed by atoms with Gasteiger partial charge in [0.05, 0.1) is 30.7 Å². The minimum absolute atomic E-state index is 0.0114. The van der Waals surface area contributed by atoms with Gasteiger partial charge in [-0.05, 0) is 49.2 Å². The zero-order valence-corrected chi connectivity index (χ0v) is 15.8. The van der Waals surface area contributed by atoms with E-state index in [1.807, 2.05) is 25.1 Å². The standard InChI is InChI=1S/C21H20ClN3O2/c1-14-21(20(26)25(23-14)17-8-6-16(22)7-9-17)12-15-4-2-3-5-18(15)24-10-11-27-13-19(21)24/h2-9,19H,10-13H2,1H3/t19-,21-/m1/s1. The summed E-state index contributed by atoms with van der Waals surface area (Å²) in [5, 5.41) is 6.86. The number of amides is 1. The van der Waals surface area contributed by atoms with Crippen LogP contribution in [0.15, 0.2) is 53.6 Å². The van der Waals surface area contributed by atoms with E-state index in [0.717, 1.165) is 17.9 Å². The van der Waals surface area contributed by atoms with Crippen molar-refractivity contribution < 1.29 is 9.53 Å². The van der Waals surface area contributed by atoms with E-state index in [4.69, 9.17) is 16.3 Å². The Morgan fingerprint density at radius 1 is 1.19 bits per heavy atom. The van der Waals surface area contributed by atoms with E-state index in [1.165, 1.54) is 16.3 Å². The lowest BCUT2D eigenvalue weighted by Crippen LogP contribution is -2.64. The number of rotatable bonds is 1. The Labute approximate surface area is 163 Å². The molecule has 5 rings (SSSR count). The number of para-hydroxylation sites is 1. The molecular formula is C21H20ClN3O2. The number of ether oxygens (including phenoxy) is 1. The molecule has 1 saturated heterocycles. The van der Waals surface area contributed by atoms with Gasteiger partial charge in [0, 0.05) is 17.3 Å². The van der Waals surface area contributed by atoms with Crippen molar-refractivity contribution in [3.63, 3.8) is 0 Å². The number of anilines is 2. The fraction of sp³-hybridized carbons (Fsp3) is 0.333. The summed E-state index contributed by atoms with van der Waals surface area (Å²) in [7, 11) is 0. The van der Waals surface area contributed by atoms with Crippen LogP contribution in [0.4, 0.5) is 11.4 Å². The number of halogens is 1. The molecule has 0 bridgehead atoms. The minimum Gasteiger partial charge on any atom is -0.377 e. The van der Waals surface area contributed by atoms with Crippen LogP contribution < -0.4 is 9.91 Å². The molecule has 27 heavy (non-hydrogen) atoms. The fourth-order valence-corrected chi connectivity index (χ4v) is 4.76. The zero-order valence-electron chi connectivity index (χ0n) is 15.1. The molecule has 5 nitrogen and oxygen atoms in total. The molecule has 0 aliphatic carbocycles. The van der Waals surface area contributed by atoms with Crippen LogP contribution in [0.3, 0.4) is 0 Å². The van der Waals surface area contributed by atoms with Crippen molar-refractivity contribution in [1.82, 2.24) is 0 Å². The molecule has 3 aliphatic heterocycles. The summed E-state index contributed by atoms with van der Waals surface area (Å²) in [6.07, 6.45) is 0.645. The Kier molecular flexibility index (Phi) is 3.78. The lowest BCUT2D eigenvalue weighted by atomic mass is 9.68. The predicted molar refractivity (Wildman–Crippen MR) is 107 cm³/mol. The maximum Gasteiger partial charge on any atom is 0.261 e. The quantitative estimate of drug-likeness (QED) is 0.759. The van der Waals surface area contributed by atoms with E-state index in [1.54, 1.807) is 12.1 Å². The first kappa shape index (κ1) is 16.8. The van der Waals surface area contributed by atoms with Gasteiger partial charge in [-0.1, -0.05) is 29.8 Å². The summed E-state index contributed by atoms with van der Waals surface area (Å²) in [5.74, 6) is 0.0114. The molecule has 0 aromatic heterocycles. The van der Waals surface area contributed by atoms with Gasteiger partial charge in [0.25, 0.3) is 5.91 Å². The fourth-order valence-electron chi connectivity index (χ4n) is 4.63. The number of carbonyl (C=O) groups is 1. The van der Waals surface area contributed by atoms with Crippen LogP contribution in [0.2, 0.25) is 5.02 Å². The molecule has 2 aromatic rings. The number of hydrogen-bond donors (Lipinski definition) is 0. The first-order valence-electron chi connectivity index (χ1n) is 9.19. The molecule has 1 spiro atoms. The highest BCUT2D eigenvalue weighted by Gasteiger charge is 2.59. The molecule has 2 aromatic carbocycles. The van der Waals surface area contributed by atoms with Crippen molar-refractivity contribution in [3.8, 4) is 0 Å². The number of hydrazone groups is 1. The lowest BCUT2D eigenvalue weighted by molar-refractivity contribution is -0.126. The second-order valence-electron chi connectivity index (χ2n) is 7.34. The monoisotopic (exact) mass is 381 g/mol. The molecule has 0 saturated carbocycles. The number of carbonyl (C=O) groups excluding carboxylic acids is 1. The third-order valence-corrected chi connectivity index (χ3v) is 6.26. The van der Waals surface area contributed by atoms with Gasteiger partial charge in [-0.2, -0.15) is 10.1 Å². The molecule has 0 unspecified atom stereocenters. The summed E-state index contributed by atoms with van der Waals surface area (Å²) in [6, 6.07) is 15.5. The number of fused-ring (bicyclic) bond motifs is 4. The van der Waals surface area contributed by atoms with Gasteiger partial charge in [0.15, 0.2) is 0 Å². The van der Waals surface area contributed by atoms with Gasteiger partial charge in [-0.25, -0.2) is 0 Å². The molecule has 6 heteroatoms. The smallest absolute Gasteiger partial charge is 0.261 e. The second kappa shape index (κ2) is 6.08. The zero-order chi connectivity index (χ0) is 18.6. The van der Waals surface area contributed by atoms with E-state index in [9.17, 15) is 4.79 Å². The highest BCUT2D eigenvalue weighted by Crippen LogP contribution is 2.47. The molecule has 3 heterocycles. The number of morpholine rings is 1. The molecule has 1 amide bonds. The van der Waals surface area contributed by atoms with E-state index in [0.29, 0.717) is 24.7 Å². The van der Waals surface area contributed by atoms with Crippen molar-refractivity contribution in [2.24, 2.45) is 10.5 Å². The molecule has 1 fully saturated rings. The SMILES string of the molecule is CC1=NN(c2ccc(Cl)cc2)C(=O)[C@]12Cc1ccccc1N1CCOC[C@@H]12. The minimum atomic E-state index is -0.700. The van der Waals surface area contributed by atoms with Crippen molar-refractivity contribution in [2.75, 3.05) is 29.7 Å². The first-order valence-corrected chi connectivity index (χ1v) is 9.57. The lowest BCUT2D eigenvalue weighted by Gasteiger charge is -2.50. The summed E-state index contributed by atoms with van der Waals surface area (Å²) in [5.41, 5.74) is 3.28. The predicted octanol–water partition coefficient (Wildman–Crippen LogP) is 3.51. The normalized spacial score (nSPS) is 26.8. The van der Waals surface area contributed by atoms with E-state index in [2.05, 4.69) is 28.2 Å². The second-order valence-corrected chi connectivity index (χ2v) is 7.78. The first-order chi connectivity index (χ1) is 13.1. The molecular weight excluding hydrogens is 362 g/mol. The van der Waals surface area contributed by atoms with Crippen LogP contribution in [-0.2, 0) is 16.0 Å². The van der Waals surface area contributed by atoms with Crippen LogP contribution in [0, 0.1) is 5.41 Å². The average molecular weight is 382 g/mol. The van der Waals surface area contributed by atoms with Gasteiger partial charge < -0.3 is 9.64 Å². The molecule has 0 N–H and O–H groups in total. The van der Waals surface area contributed by atoms with Crippen LogP contribution in [-0.4, -0.2) is 37.4 Å². The van der Waals surface area contributed by atoms with Crippen molar-refractivity contribution in [3.05, 3.63) is 59.1 Å². The molecule has 138 valence electrons. The third kappa shape index (κ3) is 2.35. The Morgan fingerprint density at radius 2 is 1.96 bits per heavy atom. The Bertz CT molecular complexity index is 943.